The Bertz CT molecular complexity index is 857. The molecule has 0 radical (unpaired) electrons. The highest BCUT2D eigenvalue weighted by atomic mass is 16.5. The predicted octanol–water partition coefficient (Wildman–Crippen LogP) is 3.33. The van der Waals surface area contributed by atoms with Gasteiger partial charge in [0.1, 0.15) is 0 Å². The second-order valence-electron chi connectivity index (χ2n) is 8.10. The number of H-pyrrole nitrogens is 1. The fourth-order valence-corrected chi connectivity index (χ4v) is 4.20. The fourth-order valence-electron chi connectivity index (χ4n) is 4.20. The average Bonchev–Trinajstić information content (AvgIpc) is 2.61. The van der Waals surface area contributed by atoms with Gasteiger partial charge in [0.2, 0.25) is 5.56 Å². The van der Waals surface area contributed by atoms with Crippen LogP contribution >= 0.6 is 0 Å². The minimum Gasteiger partial charge on any atom is -0.376 e. The number of amides is 1. The summed E-state index contributed by atoms with van der Waals surface area (Å²) in [4.78, 5) is 26.7. The van der Waals surface area contributed by atoms with Crippen LogP contribution in [0.4, 0.5) is 0 Å². The minimum atomic E-state index is -0.257. The molecule has 1 aromatic heterocycles. The summed E-state index contributed by atoms with van der Waals surface area (Å²) in [5.41, 5.74) is 1.90. The number of rotatable bonds is 5. The molecule has 1 aliphatic rings. The van der Waals surface area contributed by atoms with Crippen molar-refractivity contribution in [1.29, 1.82) is 0 Å². The summed E-state index contributed by atoms with van der Waals surface area (Å²) in [6.45, 7) is 7.29. The molecule has 3 rings (SSSR count). The number of aromatic nitrogens is 1. The number of aryl methyl sites for hydroxylation is 1. The lowest BCUT2D eigenvalue weighted by Crippen LogP contribution is -2.45. The molecule has 2 heterocycles. The molecule has 1 amide bonds. The molecule has 5 nitrogen and oxygen atoms in total. The zero-order valence-electron chi connectivity index (χ0n) is 16.3. The summed E-state index contributed by atoms with van der Waals surface area (Å²) in [5.74, 6) is -0.210. The summed E-state index contributed by atoms with van der Waals surface area (Å²) in [6, 6.07) is 13.5. The molecule has 144 valence electrons. The topological polar surface area (TPSA) is 71.2 Å². The van der Waals surface area contributed by atoms with Crippen LogP contribution in [-0.4, -0.2) is 29.6 Å². The summed E-state index contributed by atoms with van der Waals surface area (Å²) >= 11 is 0. The lowest BCUT2D eigenvalue weighted by Gasteiger charge is -2.45. The number of carbonyl (C=O) groups excluding carboxylic acids is 1. The number of ether oxygens (including phenoxy) is 1. The number of benzene rings is 1. The van der Waals surface area contributed by atoms with Crippen molar-refractivity contribution in [2.45, 2.75) is 51.0 Å². The van der Waals surface area contributed by atoms with Crippen molar-refractivity contribution in [3.63, 3.8) is 0 Å². The third-order valence-corrected chi connectivity index (χ3v) is 5.35. The van der Waals surface area contributed by atoms with Crippen molar-refractivity contribution >= 4 is 5.91 Å². The van der Waals surface area contributed by atoms with E-state index in [1.54, 1.807) is 13.0 Å². The Kier molecular flexibility index (Phi) is 5.51. The Morgan fingerprint density at radius 3 is 2.63 bits per heavy atom. The van der Waals surface area contributed by atoms with Gasteiger partial charge in [-0.25, -0.2) is 0 Å². The number of hydrogen-bond donors (Lipinski definition) is 2. The first kappa shape index (κ1) is 19.4. The van der Waals surface area contributed by atoms with Crippen molar-refractivity contribution in [2.75, 3.05) is 13.2 Å². The van der Waals surface area contributed by atoms with Crippen molar-refractivity contribution in [3.05, 3.63) is 69.6 Å². The van der Waals surface area contributed by atoms with Gasteiger partial charge in [-0.2, -0.15) is 0 Å². The molecular weight excluding hydrogens is 340 g/mol. The van der Waals surface area contributed by atoms with Crippen molar-refractivity contribution in [1.82, 2.24) is 10.3 Å². The van der Waals surface area contributed by atoms with E-state index in [4.69, 9.17) is 4.74 Å². The van der Waals surface area contributed by atoms with Crippen LogP contribution in [0.2, 0.25) is 0 Å². The summed E-state index contributed by atoms with van der Waals surface area (Å²) in [7, 11) is 0. The molecule has 2 aromatic rings. The van der Waals surface area contributed by atoms with E-state index in [-0.39, 0.29) is 22.5 Å². The monoisotopic (exact) mass is 368 g/mol. The molecule has 1 aliphatic heterocycles. The first-order valence-electron chi connectivity index (χ1n) is 9.48. The van der Waals surface area contributed by atoms with Gasteiger partial charge < -0.3 is 15.0 Å². The van der Waals surface area contributed by atoms with E-state index in [0.29, 0.717) is 24.4 Å². The molecule has 1 saturated heterocycles. The number of carbonyl (C=O) groups is 1. The molecule has 2 N–H and O–H groups in total. The van der Waals surface area contributed by atoms with Crippen LogP contribution in [0.5, 0.6) is 0 Å². The maximum absolute atomic E-state index is 12.5. The quantitative estimate of drug-likeness (QED) is 0.850. The van der Waals surface area contributed by atoms with E-state index < -0.39 is 0 Å². The molecule has 0 aliphatic carbocycles. The Morgan fingerprint density at radius 1 is 1.22 bits per heavy atom. The van der Waals surface area contributed by atoms with E-state index in [1.807, 2.05) is 6.07 Å². The zero-order valence-corrected chi connectivity index (χ0v) is 16.3. The third-order valence-electron chi connectivity index (χ3n) is 5.35. The molecule has 1 atom stereocenters. The Balaban J connectivity index is 1.74. The maximum atomic E-state index is 12.5. The lowest BCUT2D eigenvalue weighted by atomic mass is 9.67. The van der Waals surface area contributed by atoms with Gasteiger partial charge in [-0.15, -0.1) is 0 Å². The average molecular weight is 368 g/mol. The number of hydrogen-bond acceptors (Lipinski definition) is 3. The Hall–Kier alpha value is -2.40. The molecule has 27 heavy (non-hydrogen) atoms. The smallest absolute Gasteiger partial charge is 0.251 e. The number of pyridine rings is 1. The van der Waals surface area contributed by atoms with Crippen LogP contribution in [0, 0.1) is 6.92 Å². The third kappa shape index (κ3) is 4.66. The van der Waals surface area contributed by atoms with Crippen LogP contribution < -0.4 is 10.9 Å². The van der Waals surface area contributed by atoms with E-state index in [9.17, 15) is 9.59 Å². The van der Waals surface area contributed by atoms with Gasteiger partial charge in [0.25, 0.3) is 5.91 Å². The summed E-state index contributed by atoms with van der Waals surface area (Å²) in [6.07, 6.45) is 2.67. The molecule has 0 bridgehead atoms. The standard InChI is InChI=1S/C22H28N2O3/c1-16-13-17(14-19(25)24-16)20(26)23-11-9-22(18-7-5-4-6-8-18)10-12-27-21(2,3)15-22/h4-8,13-14H,9-12,15H2,1-3H3,(H,23,26)(H,24,25)/t22-/m1/s1. The van der Waals surface area contributed by atoms with Gasteiger partial charge in [0.05, 0.1) is 5.60 Å². The van der Waals surface area contributed by atoms with Crippen molar-refractivity contribution in [3.8, 4) is 0 Å². The Morgan fingerprint density at radius 2 is 1.96 bits per heavy atom. The van der Waals surface area contributed by atoms with Gasteiger partial charge in [0.15, 0.2) is 0 Å². The predicted molar refractivity (Wildman–Crippen MR) is 106 cm³/mol. The molecule has 5 heteroatoms. The summed E-state index contributed by atoms with van der Waals surface area (Å²) in [5, 5.41) is 2.99. The summed E-state index contributed by atoms with van der Waals surface area (Å²) < 4.78 is 5.94. The van der Waals surface area contributed by atoms with Gasteiger partial charge in [-0.3, -0.25) is 9.59 Å². The maximum Gasteiger partial charge on any atom is 0.251 e. The van der Waals surface area contributed by atoms with Gasteiger partial charge >= 0.3 is 0 Å². The van der Waals surface area contributed by atoms with Crippen molar-refractivity contribution < 1.29 is 9.53 Å². The molecular formula is C22H28N2O3. The SMILES string of the molecule is Cc1cc(C(=O)NCC[C@@]2(c3ccccc3)CCOC(C)(C)C2)cc(=O)[nH]1. The van der Waals surface area contributed by atoms with Crippen LogP contribution in [0.3, 0.4) is 0 Å². The van der Waals surface area contributed by atoms with E-state index in [0.717, 1.165) is 19.3 Å². The normalized spacial score (nSPS) is 21.6. The van der Waals surface area contributed by atoms with Crippen LogP contribution in [0.25, 0.3) is 0 Å². The molecule has 0 spiro atoms. The fraction of sp³-hybridized carbons (Fsp3) is 0.455. The minimum absolute atomic E-state index is 0.0274. The number of nitrogens with one attached hydrogen (secondary N) is 2. The first-order chi connectivity index (χ1) is 12.8. The first-order valence-corrected chi connectivity index (χ1v) is 9.48. The molecule has 1 fully saturated rings. The lowest BCUT2D eigenvalue weighted by molar-refractivity contribution is -0.0838. The molecule has 1 aromatic carbocycles. The Labute approximate surface area is 160 Å². The van der Waals surface area contributed by atoms with E-state index in [2.05, 4.69) is 48.4 Å². The van der Waals surface area contributed by atoms with E-state index >= 15 is 0 Å². The van der Waals surface area contributed by atoms with Crippen LogP contribution in [-0.2, 0) is 10.2 Å². The number of aromatic amines is 1. The van der Waals surface area contributed by atoms with Crippen LogP contribution in [0.1, 0.15) is 54.7 Å². The molecule has 0 saturated carbocycles. The largest absolute Gasteiger partial charge is 0.376 e. The zero-order chi connectivity index (χ0) is 19.5. The highest BCUT2D eigenvalue weighted by molar-refractivity contribution is 5.94. The second kappa shape index (κ2) is 7.69. The van der Waals surface area contributed by atoms with Crippen LogP contribution in [0.15, 0.2) is 47.3 Å². The van der Waals surface area contributed by atoms with E-state index in [1.165, 1.54) is 11.6 Å². The second-order valence-corrected chi connectivity index (χ2v) is 8.10. The highest BCUT2D eigenvalue weighted by Crippen LogP contribution is 2.43. The van der Waals surface area contributed by atoms with Gasteiger partial charge in [0, 0.05) is 35.9 Å². The molecule has 0 unspecified atom stereocenters. The van der Waals surface area contributed by atoms with Gasteiger partial charge in [-0.1, -0.05) is 30.3 Å². The van der Waals surface area contributed by atoms with Gasteiger partial charge in [-0.05, 0) is 51.7 Å². The highest BCUT2D eigenvalue weighted by Gasteiger charge is 2.41. The van der Waals surface area contributed by atoms with Crippen molar-refractivity contribution in [2.24, 2.45) is 0 Å².